The normalized spacial score (nSPS) is 11.0. The molecule has 0 heterocycles. The first kappa shape index (κ1) is 23.7. The molecule has 0 fully saturated rings. The number of anilines is 1. The van der Waals surface area contributed by atoms with Gasteiger partial charge in [-0.25, -0.2) is 0 Å². The predicted molar refractivity (Wildman–Crippen MR) is 134 cm³/mol. The summed E-state index contributed by atoms with van der Waals surface area (Å²) in [7, 11) is 4.77. The van der Waals surface area contributed by atoms with Crippen LogP contribution in [0.15, 0.2) is 72.9 Å². The van der Waals surface area contributed by atoms with E-state index in [2.05, 4.69) is 5.32 Å². The lowest BCUT2D eigenvalue weighted by Crippen LogP contribution is -2.01. The van der Waals surface area contributed by atoms with Gasteiger partial charge in [-0.15, -0.1) is 0 Å². The zero-order valence-corrected chi connectivity index (χ0v) is 19.4. The van der Waals surface area contributed by atoms with Crippen molar-refractivity contribution in [3.63, 3.8) is 0 Å². The summed E-state index contributed by atoms with van der Waals surface area (Å²) in [5, 5.41) is 3.23. The summed E-state index contributed by atoms with van der Waals surface area (Å²) in [6.07, 6.45) is 8.02. The largest absolute Gasteiger partial charge is 0.493 e. The average Bonchev–Trinajstić information content (AvgIpc) is 2.87. The molecule has 3 rings (SSSR count). The van der Waals surface area contributed by atoms with Gasteiger partial charge in [-0.1, -0.05) is 61.5 Å². The van der Waals surface area contributed by atoms with E-state index in [0.29, 0.717) is 17.2 Å². The van der Waals surface area contributed by atoms with Crippen molar-refractivity contribution in [1.29, 1.82) is 0 Å². The van der Waals surface area contributed by atoms with Gasteiger partial charge in [0.1, 0.15) is 0 Å². The molecule has 1 N–H and O–H groups in total. The number of methoxy groups -OCH3 is 3. The van der Waals surface area contributed by atoms with Crippen molar-refractivity contribution in [3.05, 3.63) is 95.2 Å². The van der Waals surface area contributed by atoms with Crippen molar-refractivity contribution in [2.24, 2.45) is 0 Å². The fourth-order valence-corrected chi connectivity index (χ4v) is 3.52. The Balaban J connectivity index is 1.79. The topological polar surface area (TPSA) is 56.8 Å². The van der Waals surface area contributed by atoms with Crippen LogP contribution in [-0.4, -0.2) is 27.1 Å². The van der Waals surface area contributed by atoms with Crippen molar-refractivity contribution in [3.8, 4) is 17.2 Å². The van der Waals surface area contributed by atoms with Gasteiger partial charge in [0.15, 0.2) is 17.3 Å². The number of hydrogen-bond acceptors (Lipinski definition) is 5. The maximum Gasteiger partial charge on any atom is 0.203 e. The Labute approximate surface area is 195 Å². The fraction of sp³-hybridized carbons (Fsp3) is 0.179. The van der Waals surface area contributed by atoms with Crippen LogP contribution in [0.2, 0.25) is 0 Å². The van der Waals surface area contributed by atoms with Gasteiger partial charge in [0.2, 0.25) is 5.75 Å². The van der Waals surface area contributed by atoms with E-state index in [9.17, 15) is 4.79 Å². The van der Waals surface area contributed by atoms with Gasteiger partial charge in [0.05, 0.1) is 21.3 Å². The summed E-state index contributed by atoms with van der Waals surface area (Å²) >= 11 is 0. The molecule has 0 aliphatic carbocycles. The van der Waals surface area contributed by atoms with Crippen LogP contribution in [-0.2, 0) is 6.42 Å². The molecule has 0 radical (unpaired) electrons. The van der Waals surface area contributed by atoms with Gasteiger partial charge in [0.25, 0.3) is 0 Å². The highest BCUT2D eigenvalue weighted by Crippen LogP contribution is 2.38. The second-order valence-corrected chi connectivity index (χ2v) is 7.23. The lowest BCUT2D eigenvalue weighted by molar-refractivity contribution is 0.104. The molecular formula is C28H29NO4. The molecule has 0 saturated carbocycles. The number of para-hydroxylation sites is 1. The molecule has 33 heavy (non-hydrogen) atoms. The van der Waals surface area contributed by atoms with Crippen LogP contribution < -0.4 is 19.5 Å². The molecule has 0 spiro atoms. The Morgan fingerprint density at radius 3 is 2.21 bits per heavy atom. The van der Waals surface area contributed by atoms with Gasteiger partial charge >= 0.3 is 0 Å². The first-order valence-electron chi connectivity index (χ1n) is 10.7. The van der Waals surface area contributed by atoms with Gasteiger partial charge in [0, 0.05) is 23.5 Å². The van der Waals surface area contributed by atoms with E-state index in [0.717, 1.165) is 34.4 Å². The minimum absolute atomic E-state index is 0.0228. The summed E-state index contributed by atoms with van der Waals surface area (Å²) in [6.45, 7) is 2.05. The van der Waals surface area contributed by atoms with Crippen LogP contribution in [0.3, 0.4) is 0 Å². The lowest BCUT2D eigenvalue weighted by atomic mass is 10.0. The third-order valence-electron chi connectivity index (χ3n) is 5.24. The Morgan fingerprint density at radius 2 is 1.55 bits per heavy atom. The Morgan fingerprint density at radius 1 is 0.879 bits per heavy atom. The number of rotatable bonds is 10. The smallest absolute Gasteiger partial charge is 0.203 e. The van der Waals surface area contributed by atoms with Gasteiger partial charge in [-0.3, -0.25) is 4.79 Å². The van der Waals surface area contributed by atoms with Crippen LogP contribution in [0.25, 0.3) is 12.2 Å². The molecular weight excluding hydrogens is 414 g/mol. The fourth-order valence-electron chi connectivity index (χ4n) is 3.52. The molecule has 170 valence electrons. The van der Waals surface area contributed by atoms with Crippen LogP contribution >= 0.6 is 0 Å². The molecule has 0 amide bonds. The SMILES string of the molecule is CCc1ccccc1C(=O)/C=C\Nc1ccccc1/C=C\c1cc(OC)c(OC)c(OC)c1. The summed E-state index contributed by atoms with van der Waals surface area (Å²) in [5.74, 6) is 1.72. The molecule has 5 nitrogen and oxygen atoms in total. The standard InChI is InChI=1S/C28H29NO4/c1-5-21-10-6-8-12-23(21)25(30)16-17-29-24-13-9-7-11-22(24)15-14-20-18-26(31-2)28(33-4)27(19-20)32-3/h6-19,29H,5H2,1-4H3/b15-14-,17-16-. The van der Waals surface area contributed by atoms with Crippen LogP contribution in [0, 0.1) is 0 Å². The summed E-state index contributed by atoms with van der Waals surface area (Å²) < 4.78 is 16.2. The van der Waals surface area contributed by atoms with Crippen LogP contribution in [0.5, 0.6) is 17.2 Å². The number of aryl methyl sites for hydroxylation is 1. The quantitative estimate of drug-likeness (QED) is 0.228. The summed E-state index contributed by atoms with van der Waals surface area (Å²) in [6, 6.07) is 19.3. The number of hydrogen-bond donors (Lipinski definition) is 1. The third kappa shape index (κ3) is 5.83. The molecule has 0 bridgehead atoms. The maximum absolute atomic E-state index is 12.6. The first-order valence-corrected chi connectivity index (χ1v) is 10.7. The number of carbonyl (C=O) groups excluding carboxylic acids is 1. The summed E-state index contributed by atoms with van der Waals surface area (Å²) in [5.41, 5.74) is 4.53. The Kier molecular flexibility index (Phi) is 8.30. The molecule has 3 aromatic rings. The van der Waals surface area contributed by atoms with E-state index in [1.54, 1.807) is 33.6 Å². The highest BCUT2D eigenvalue weighted by molar-refractivity contribution is 6.05. The number of benzene rings is 3. The second kappa shape index (κ2) is 11.6. The third-order valence-corrected chi connectivity index (χ3v) is 5.24. The predicted octanol–water partition coefficient (Wildman–Crippen LogP) is 6.25. The molecule has 5 heteroatoms. The summed E-state index contributed by atoms with van der Waals surface area (Å²) in [4.78, 5) is 12.6. The van der Waals surface area contributed by atoms with E-state index >= 15 is 0 Å². The zero-order chi connectivity index (χ0) is 23.6. The van der Waals surface area contributed by atoms with Gasteiger partial charge in [-0.2, -0.15) is 0 Å². The number of allylic oxidation sites excluding steroid dienone is 1. The van der Waals surface area contributed by atoms with Crippen LogP contribution in [0.4, 0.5) is 5.69 Å². The first-order chi connectivity index (χ1) is 16.1. The Hall–Kier alpha value is -3.99. The monoisotopic (exact) mass is 443 g/mol. The second-order valence-electron chi connectivity index (χ2n) is 7.23. The maximum atomic E-state index is 12.6. The van der Waals surface area contributed by atoms with Crippen molar-refractivity contribution in [2.45, 2.75) is 13.3 Å². The number of nitrogens with one attached hydrogen (secondary N) is 1. The van der Waals surface area contributed by atoms with Gasteiger partial charge in [-0.05, 0) is 41.3 Å². The molecule has 0 saturated heterocycles. The number of carbonyl (C=O) groups is 1. The van der Waals surface area contributed by atoms with Crippen molar-refractivity contribution >= 4 is 23.6 Å². The van der Waals surface area contributed by atoms with Crippen molar-refractivity contribution in [2.75, 3.05) is 26.6 Å². The molecule has 0 unspecified atom stereocenters. The van der Waals surface area contributed by atoms with E-state index < -0.39 is 0 Å². The van der Waals surface area contributed by atoms with E-state index in [1.165, 1.54) is 0 Å². The molecule has 0 aliphatic rings. The number of ether oxygens (including phenoxy) is 3. The zero-order valence-electron chi connectivity index (χ0n) is 19.4. The van der Waals surface area contributed by atoms with E-state index in [-0.39, 0.29) is 5.78 Å². The van der Waals surface area contributed by atoms with E-state index in [4.69, 9.17) is 14.2 Å². The molecule has 0 aromatic heterocycles. The molecule has 0 atom stereocenters. The minimum Gasteiger partial charge on any atom is -0.493 e. The van der Waals surface area contributed by atoms with E-state index in [1.807, 2.05) is 79.7 Å². The van der Waals surface area contributed by atoms with Gasteiger partial charge < -0.3 is 19.5 Å². The van der Waals surface area contributed by atoms with Crippen molar-refractivity contribution in [1.82, 2.24) is 0 Å². The highest BCUT2D eigenvalue weighted by Gasteiger charge is 2.12. The van der Waals surface area contributed by atoms with Crippen molar-refractivity contribution < 1.29 is 19.0 Å². The Bertz CT molecular complexity index is 1140. The average molecular weight is 444 g/mol. The van der Waals surface area contributed by atoms with Crippen LogP contribution in [0.1, 0.15) is 34.0 Å². The molecule has 0 aliphatic heterocycles. The number of ketones is 1. The minimum atomic E-state index is -0.0228. The lowest BCUT2D eigenvalue weighted by Gasteiger charge is -2.13. The molecule has 3 aromatic carbocycles. The highest BCUT2D eigenvalue weighted by atomic mass is 16.5.